The molecular weight excluding hydrogens is 328 g/mol. The third-order valence-electron chi connectivity index (χ3n) is 3.52. The Morgan fingerprint density at radius 1 is 1.21 bits per heavy atom. The summed E-state index contributed by atoms with van der Waals surface area (Å²) in [5.41, 5.74) is 1.93. The number of nitrogens with one attached hydrogen (secondary N) is 1. The van der Waals surface area contributed by atoms with Crippen molar-refractivity contribution in [3.8, 4) is 17.6 Å². The molecule has 1 heterocycles. The van der Waals surface area contributed by atoms with Crippen LogP contribution in [0.1, 0.15) is 17.5 Å². The second-order valence-electron chi connectivity index (χ2n) is 5.37. The molecule has 24 heavy (non-hydrogen) atoms. The molecule has 0 bridgehead atoms. The summed E-state index contributed by atoms with van der Waals surface area (Å²) >= 11 is 6.23. The van der Waals surface area contributed by atoms with E-state index in [0.29, 0.717) is 41.0 Å². The first-order valence-electron chi connectivity index (χ1n) is 7.54. The van der Waals surface area contributed by atoms with Crippen LogP contribution in [0.25, 0.3) is 0 Å². The third kappa shape index (κ3) is 3.79. The van der Waals surface area contributed by atoms with Crippen molar-refractivity contribution < 1.29 is 14.3 Å². The number of rotatable bonds is 3. The number of fused-ring (bicyclic) bond motifs is 1. The van der Waals surface area contributed by atoms with E-state index in [9.17, 15) is 4.79 Å². The highest BCUT2D eigenvalue weighted by atomic mass is 35.5. The third-order valence-corrected chi connectivity index (χ3v) is 3.81. The normalized spacial score (nSPS) is 12.8. The lowest BCUT2D eigenvalue weighted by atomic mass is 10.1. The number of carbonyl (C=O) groups is 1. The van der Waals surface area contributed by atoms with Gasteiger partial charge in [0.05, 0.1) is 36.3 Å². The molecule has 6 heteroatoms. The Bertz CT molecular complexity index is 797. The van der Waals surface area contributed by atoms with Gasteiger partial charge >= 0.3 is 0 Å². The SMILES string of the molecule is N#Cc1ccc(NC(=O)Cc2cc(Cl)c3c(c2)OCCCO3)cc1. The number of amides is 1. The van der Waals surface area contributed by atoms with Gasteiger partial charge in [-0.2, -0.15) is 5.26 Å². The van der Waals surface area contributed by atoms with Gasteiger partial charge in [-0.15, -0.1) is 0 Å². The van der Waals surface area contributed by atoms with E-state index >= 15 is 0 Å². The molecule has 5 nitrogen and oxygen atoms in total. The summed E-state index contributed by atoms with van der Waals surface area (Å²) < 4.78 is 11.2. The zero-order valence-corrected chi connectivity index (χ0v) is 13.6. The molecule has 122 valence electrons. The van der Waals surface area contributed by atoms with E-state index in [4.69, 9.17) is 26.3 Å². The Morgan fingerprint density at radius 2 is 1.96 bits per heavy atom. The van der Waals surface area contributed by atoms with E-state index in [2.05, 4.69) is 5.32 Å². The van der Waals surface area contributed by atoms with Crippen LogP contribution in [-0.2, 0) is 11.2 Å². The predicted octanol–water partition coefficient (Wildman–Crippen LogP) is 3.55. The Morgan fingerprint density at radius 3 is 2.71 bits per heavy atom. The molecular formula is C18H15ClN2O3. The van der Waals surface area contributed by atoms with Gasteiger partial charge in [-0.1, -0.05) is 11.6 Å². The van der Waals surface area contributed by atoms with Gasteiger partial charge in [-0.3, -0.25) is 4.79 Å². The van der Waals surface area contributed by atoms with E-state index in [0.717, 1.165) is 12.0 Å². The summed E-state index contributed by atoms with van der Waals surface area (Å²) in [7, 11) is 0. The van der Waals surface area contributed by atoms with Crippen LogP contribution >= 0.6 is 11.6 Å². The van der Waals surface area contributed by atoms with Gasteiger partial charge in [0.2, 0.25) is 5.91 Å². The number of benzene rings is 2. The van der Waals surface area contributed by atoms with Crippen molar-refractivity contribution in [2.45, 2.75) is 12.8 Å². The monoisotopic (exact) mass is 342 g/mol. The minimum absolute atomic E-state index is 0.163. The molecule has 0 saturated heterocycles. The van der Waals surface area contributed by atoms with E-state index in [1.807, 2.05) is 6.07 Å². The summed E-state index contributed by atoms with van der Waals surface area (Å²) in [5.74, 6) is 0.928. The van der Waals surface area contributed by atoms with Crippen molar-refractivity contribution in [2.24, 2.45) is 0 Å². The maximum atomic E-state index is 12.2. The largest absolute Gasteiger partial charge is 0.489 e. The van der Waals surface area contributed by atoms with Crippen molar-refractivity contribution in [3.05, 3.63) is 52.5 Å². The molecule has 0 fully saturated rings. The van der Waals surface area contributed by atoms with E-state index in [1.54, 1.807) is 36.4 Å². The molecule has 0 unspecified atom stereocenters. The van der Waals surface area contributed by atoms with Gasteiger partial charge in [0.1, 0.15) is 0 Å². The molecule has 0 saturated carbocycles. The van der Waals surface area contributed by atoms with Crippen molar-refractivity contribution in [1.82, 2.24) is 0 Å². The molecule has 2 aromatic rings. The van der Waals surface area contributed by atoms with Gasteiger partial charge < -0.3 is 14.8 Å². The van der Waals surface area contributed by atoms with Crippen LogP contribution in [0.2, 0.25) is 5.02 Å². The van der Waals surface area contributed by atoms with Crippen molar-refractivity contribution in [3.63, 3.8) is 0 Å². The van der Waals surface area contributed by atoms with E-state index < -0.39 is 0 Å². The van der Waals surface area contributed by atoms with Gasteiger partial charge in [0, 0.05) is 12.1 Å². The molecule has 1 N–H and O–H groups in total. The molecule has 3 rings (SSSR count). The molecule has 1 aliphatic heterocycles. The van der Waals surface area contributed by atoms with Crippen LogP contribution in [0, 0.1) is 11.3 Å². The van der Waals surface area contributed by atoms with Crippen molar-refractivity contribution in [2.75, 3.05) is 18.5 Å². The number of anilines is 1. The fraction of sp³-hybridized carbons (Fsp3) is 0.222. The number of nitriles is 1. The molecule has 0 spiro atoms. The summed E-state index contributed by atoms with van der Waals surface area (Å²) in [5, 5.41) is 12.0. The average Bonchev–Trinajstić information content (AvgIpc) is 2.81. The van der Waals surface area contributed by atoms with Crippen LogP contribution in [-0.4, -0.2) is 19.1 Å². The van der Waals surface area contributed by atoms with E-state index in [-0.39, 0.29) is 12.3 Å². The van der Waals surface area contributed by atoms with Crippen LogP contribution in [0.4, 0.5) is 5.69 Å². The van der Waals surface area contributed by atoms with Crippen LogP contribution in [0.3, 0.4) is 0 Å². The van der Waals surface area contributed by atoms with Crippen molar-refractivity contribution >= 4 is 23.2 Å². The molecule has 1 amide bonds. The maximum Gasteiger partial charge on any atom is 0.228 e. The lowest BCUT2D eigenvalue weighted by Crippen LogP contribution is -2.14. The first-order valence-corrected chi connectivity index (χ1v) is 7.91. The Balaban J connectivity index is 1.71. The van der Waals surface area contributed by atoms with Crippen LogP contribution in [0.15, 0.2) is 36.4 Å². The minimum atomic E-state index is -0.176. The lowest BCUT2D eigenvalue weighted by Gasteiger charge is -2.11. The van der Waals surface area contributed by atoms with Crippen LogP contribution < -0.4 is 14.8 Å². The quantitative estimate of drug-likeness (QED) is 0.925. The standard InChI is InChI=1S/C18H15ClN2O3/c19-15-8-13(9-16-18(15)24-7-1-6-23-16)10-17(22)21-14-4-2-12(11-20)3-5-14/h2-5,8-9H,1,6-7,10H2,(H,21,22). The smallest absolute Gasteiger partial charge is 0.228 e. The topological polar surface area (TPSA) is 71.4 Å². The molecule has 2 aromatic carbocycles. The molecule has 1 aliphatic rings. The molecule has 0 atom stereocenters. The summed E-state index contributed by atoms with van der Waals surface area (Å²) in [6.45, 7) is 1.12. The van der Waals surface area contributed by atoms with Gasteiger partial charge in [-0.05, 0) is 42.0 Å². The minimum Gasteiger partial charge on any atom is -0.489 e. The zero-order chi connectivity index (χ0) is 16.9. The Kier molecular flexibility index (Phi) is 4.88. The Labute approximate surface area is 144 Å². The van der Waals surface area contributed by atoms with Crippen molar-refractivity contribution in [1.29, 1.82) is 5.26 Å². The fourth-order valence-electron chi connectivity index (χ4n) is 2.40. The zero-order valence-electron chi connectivity index (χ0n) is 12.8. The van der Waals surface area contributed by atoms with Gasteiger partial charge in [-0.25, -0.2) is 0 Å². The molecule has 0 aliphatic carbocycles. The summed E-state index contributed by atoms with van der Waals surface area (Å²) in [4.78, 5) is 12.2. The number of nitrogens with zero attached hydrogens (tertiary/aromatic N) is 1. The second kappa shape index (κ2) is 7.24. The van der Waals surface area contributed by atoms with E-state index in [1.165, 1.54) is 0 Å². The number of hydrogen-bond donors (Lipinski definition) is 1. The maximum absolute atomic E-state index is 12.2. The molecule has 0 aromatic heterocycles. The highest BCUT2D eigenvalue weighted by Gasteiger charge is 2.16. The Hall–Kier alpha value is -2.71. The van der Waals surface area contributed by atoms with Gasteiger partial charge in [0.25, 0.3) is 0 Å². The highest BCUT2D eigenvalue weighted by molar-refractivity contribution is 6.32. The average molecular weight is 343 g/mol. The van der Waals surface area contributed by atoms with Gasteiger partial charge in [0.15, 0.2) is 11.5 Å². The number of ether oxygens (including phenoxy) is 2. The lowest BCUT2D eigenvalue weighted by molar-refractivity contribution is -0.115. The summed E-state index contributed by atoms with van der Waals surface area (Å²) in [6.07, 6.45) is 0.954. The predicted molar refractivity (Wildman–Crippen MR) is 90.5 cm³/mol. The first kappa shape index (κ1) is 16.2. The fourth-order valence-corrected chi connectivity index (χ4v) is 2.69. The van der Waals surface area contributed by atoms with Crippen LogP contribution in [0.5, 0.6) is 11.5 Å². The number of hydrogen-bond acceptors (Lipinski definition) is 4. The highest BCUT2D eigenvalue weighted by Crippen LogP contribution is 2.38. The molecule has 0 radical (unpaired) electrons. The number of halogens is 1. The number of carbonyl (C=O) groups excluding carboxylic acids is 1. The second-order valence-corrected chi connectivity index (χ2v) is 5.78. The first-order chi connectivity index (χ1) is 11.7. The summed E-state index contributed by atoms with van der Waals surface area (Å²) in [6, 6.07) is 12.2.